The molecule has 4 nitrogen and oxygen atoms in total. The van der Waals surface area contributed by atoms with Crippen LogP contribution in [0, 0.1) is 0 Å². The minimum absolute atomic E-state index is 0.435. The summed E-state index contributed by atoms with van der Waals surface area (Å²) < 4.78 is 10.9. The minimum atomic E-state index is -0.801. The number of hydrogen-bond acceptors (Lipinski definition) is 3. The van der Waals surface area contributed by atoms with Crippen LogP contribution in [0.5, 0.6) is 5.75 Å². The zero-order valence-corrected chi connectivity index (χ0v) is 10.1. The molecule has 1 rings (SSSR count). The van der Waals surface area contributed by atoms with Crippen molar-refractivity contribution < 1.29 is 14.3 Å². The van der Waals surface area contributed by atoms with Crippen LogP contribution in [0.15, 0.2) is 22.7 Å². The molecule has 0 aliphatic rings. The quantitative estimate of drug-likeness (QED) is 0.921. The second-order valence-corrected chi connectivity index (χ2v) is 3.80. The number of primary amides is 1. The van der Waals surface area contributed by atoms with Crippen molar-refractivity contribution in [2.24, 2.45) is 5.73 Å². The van der Waals surface area contributed by atoms with Crippen molar-refractivity contribution in [3.8, 4) is 5.75 Å². The third kappa shape index (κ3) is 2.86. The van der Waals surface area contributed by atoms with Gasteiger partial charge in [0.1, 0.15) is 11.9 Å². The molecule has 0 fully saturated rings. The number of halogens is 1. The van der Waals surface area contributed by atoms with Crippen LogP contribution in [-0.4, -0.2) is 13.2 Å². The lowest BCUT2D eigenvalue weighted by Gasteiger charge is -2.16. The number of methoxy groups -OCH3 is 1. The first-order valence-electron chi connectivity index (χ1n) is 4.34. The first-order valence-corrected chi connectivity index (χ1v) is 5.14. The van der Waals surface area contributed by atoms with Gasteiger partial charge in [0.05, 0.1) is 11.6 Å². The molecule has 1 aromatic carbocycles. The number of carbonyl (C=O) groups is 1. The number of para-hydroxylation sites is 1. The molecule has 0 aliphatic carbocycles. The predicted octanol–water partition coefficient (Wildman–Crippen LogP) is 2.61. The van der Waals surface area contributed by atoms with Gasteiger partial charge in [-0.25, -0.2) is 4.79 Å². The minimum Gasteiger partial charge on any atom is -0.495 e. The Morgan fingerprint density at radius 3 is 2.73 bits per heavy atom. The van der Waals surface area contributed by atoms with Gasteiger partial charge >= 0.3 is 6.09 Å². The highest BCUT2D eigenvalue weighted by atomic mass is 79.9. The van der Waals surface area contributed by atoms with Gasteiger partial charge in [-0.3, -0.25) is 0 Å². The van der Waals surface area contributed by atoms with E-state index < -0.39 is 12.2 Å². The maximum Gasteiger partial charge on any atom is 0.405 e. The SMILES string of the molecule is COc1c(Br)cccc1C(C)OC(N)=O. The van der Waals surface area contributed by atoms with Crippen LogP contribution in [0.2, 0.25) is 0 Å². The molecule has 0 spiro atoms. The van der Waals surface area contributed by atoms with Crippen molar-refractivity contribution in [1.82, 2.24) is 0 Å². The second kappa shape index (κ2) is 5.02. The maximum absolute atomic E-state index is 10.6. The highest BCUT2D eigenvalue weighted by Crippen LogP contribution is 2.33. The summed E-state index contributed by atoms with van der Waals surface area (Å²) in [5.41, 5.74) is 5.72. The third-order valence-electron chi connectivity index (χ3n) is 1.93. The Kier molecular flexibility index (Phi) is 3.96. The van der Waals surface area contributed by atoms with E-state index in [0.717, 1.165) is 10.0 Å². The van der Waals surface area contributed by atoms with E-state index in [1.54, 1.807) is 14.0 Å². The summed E-state index contributed by atoms with van der Waals surface area (Å²) in [6, 6.07) is 5.50. The maximum atomic E-state index is 10.6. The van der Waals surface area contributed by atoms with E-state index in [1.165, 1.54) is 0 Å². The van der Waals surface area contributed by atoms with Crippen molar-refractivity contribution in [2.45, 2.75) is 13.0 Å². The number of benzene rings is 1. The molecule has 0 saturated heterocycles. The molecular formula is C10H12BrNO3. The summed E-state index contributed by atoms with van der Waals surface area (Å²) in [5.74, 6) is 0.645. The molecule has 0 aliphatic heterocycles. The lowest BCUT2D eigenvalue weighted by molar-refractivity contribution is 0.115. The third-order valence-corrected chi connectivity index (χ3v) is 2.56. The number of amides is 1. The van der Waals surface area contributed by atoms with Gasteiger partial charge < -0.3 is 15.2 Å². The number of ether oxygens (including phenoxy) is 2. The van der Waals surface area contributed by atoms with Crippen molar-refractivity contribution in [3.05, 3.63) is 28.2 Å². The topological polar surface area (TPSA) is 61.6 Å². The summed E-state index contributed by atoms with van der Waals surface area (Å²) in [4.78, 5) is 10.6. The summed E-state index contributed by atoms with van der Waals surface area (Å²) >= 11 is 3.35. The number of nitrogens with two attached hydrogens (primary N) is 1. The van der Waals surface area contributed by atoms with E-state index in [9.17, 15) is 4.79 Å². The van der Waals surface area contributed by atoms with Gasteiger partial charge in [-0.15, -0.1) is 0 Å². The van der Waals surface area contributed by atoms with E-state index in [0.29, 0.717) is 5.75 Å². The molecule has 0 bridgehead atoms. The Bertz CT molecular complexity index is 368. The Balaban J connectivity index is 3.02. The van der Waals surface area contributed by atoms with Crippen molar-refractivity contribution in [2.75, 3.05) is 7.11 Å². The van der Waals surface area contributed by atoms with Gasteiger partial charge in [-0.05, 0) is 28.9 Å². The molecule has 0 radical (unpaired) electrons. The summed E-state index contributed by atoms with van der Waals surface area (Å²) in [5, 5.41) is 0. The van der Waals surface area contributed by atoms with E-state index in [4.69, 9.17) is 15.2 Å². The fourth-order valence-corrected chi connectivity index (χ4v) is 1.84. The van der Waals surface area contributed by atoms with Crippen LogP contribution in [0.3, 0.4) is 0 Å². The van der Waals surface area contributed by atoms with Crippen LogP contribution in [0.25, 0.3) is 0 Å². The van der Waals surface area contributed by atoms with Crippen molar-refractivity contribution >= 4 is 22.0 Å². The van der Waals surface area contributed by atoms with Gasteiger partial charge in [0.2, 0.25) is 0 Å². The average molecular weight is 274 g/mol. The van der Waals surface area contributed by atoms with Crippen LogP contribution in [-0.2, 0) is 4.74 Å². The molecule has 2 N–H and O–H groups in total. The highest BCUT2D eigenvalue weighted by Gasteiger charge is 2.15. The molecule has 1 unspecified atom stereocenters. The Hall–Kier alpha value is -1.23. The van der Waals surface area contributed by atoms with Crippen LogP contribution in [0.1, 0.15) is 18.6 Å². The summed E-state index contributed by atoms with van der Waals surface area (Å²) in [6.45, 7) is 1.73. The second-order valence-electron chi connectivity index (χ2n) is 2.94. The highest BCUT2D eigenvalue weighted by molar-refractivity contribution is 9.10. The van der Waals surface area contributed by atoms with Gasteiger partial charge in [0, 0.05) is 5.56 Å². The van der Waals surface area contributed by atoms with E-state index in [2.05, 4.69) is 15.9 Å². The summed E-state index contributed by atoms with van der Waals surface area (Å²) in [7, 11) is 1.56. The lowest BCUT2D eigenvalue weighted by Crippen LogP contribution is -2.16. The normalized spacial score (nSPS) is 11.9. The molecule has 1 aromatic rings. The predicted molar refractivity (Wildman–Crippen MR) is 59.8 cm³/mol. The largest absolute Gasteiger partial charge is 0.495 e. The fraction of sp³-hybridized carbons (Fsp3) is 0.300. The van der Waals surface area contributed by atoms with Crippen molar-refractivity contribution in [3.63, 3.8) is 0 Å². The monoisotopic (exact) mass is 273 g/mol. The van der Waals surface area contributed by atoms with Crippen LogP contribution >= 0.6 is 15.9 Å². The Morgan fingerprint density at radius 2 is 2.20 bits per heavy atom. The molecule has 5 heteroatoms. The zero-order valence-electron chi connectivity index (χ0n) is 8.49. The van der Waals surface area contributed by atoms with Crippen molar-refractivity contribution in [1.29, 1.82) is 0 Å². The van der Waals surface area contributed by atoms with Gasteiger partial charge in [0.25, 0.3) is 0 Å². The molecule has 0 saturated carbocycles. The molecule has 0 aromatic heterocycles. The average Bonchev–Trinajstić information content (AvgIpc) is 2.16. The fourth-order valence-electron chi connectivity index (χ4n) is 1.30. The van der Waals surface area contributed by atoms with Gasteiger partial charge in [0.15, 0.2) is 0 Å². The molecule has 0 heterocycles. The molecule has 1 amide bonds. The lowest BCUT2D eigenvalue weighted by atomic mass is 10.1. The first kappa shape index (κ1) is 11.8. The summed E-state index contributed by atoms with van der Waals surface area (Å²) in [6.07, 6.45) is -1.24. The van der Waals surface area contributed by atoms with Gasteiger partial charge in [-0.2, -0.15) is 0 Å². The Labute approximate surface area is 96.5 Å². The van der Waals surface area contributed by atoms with E-state index in [1.807, 2.05) is 18.2 Å². The first-order chi connectivity index (χ1) is 7.06. The Morgan fingerprint density at radius 1 is 1.53 bits per heavy atom. The van der Waals surface area contributed by atoms with Crippen LogP contribution < -0.4 is 10.5 Å². The molecular weight excluding hydrogens is 262 g/mol. The molecule has 82 valence electrons. The number of carbonyl (C=O) groups excluding carboxylic acids is 1. The van der Waals surface area contributed by atoms with Gasteiger partial charge in [-0.1, -0.05) is 12.1 Å². The standard InChI is InChI=1S/C10H12BrNO3/c1-6(15-10(12)13)7-4-3-5-8(11)9(7)14-2/h3-6H,1-2H3,(H2,12,13). The number of rotatable bonds is 3. The molecule has 15 heavy (non-hydrogen) atoms. The number of hydrogen-bond donors (Lipinski definition) is 1. The van der Waals surface area contributed by atoms with E-state index in [-0.39, 0.29) is 0 Å². The van der Waals surface area contributed by atoms with Crippen LogP contribution in [0.4, 0.5) is 4.79 Å². The van der Waals surface area contributed by atoms with E-state index >= 15 is 0 Å². The smallest absolute Gasteiger partial charge is 0.405 e. The molecule has 1 atom stereocenters. The zero-order chi connectivity index (χ0) is 11.4.